The van der Waals surface area contributed by atoms with E-state index in [0.29, 0.717) is 21.2 Å². The van der Waals surface area contributed by atoms with Crippen LogP contribution < -0.4 is 9.64 Å². The second kappa shape index (κ2) is 8.91. The molecule has 0 radical (unpaired) electrons. The molecule has 1 N–H and O–H groups in total. The molecule has 1 atom stereocenters. The zero-order chi connectivity index (χ0) is 25.0. The van der Waals surface area contributed by atoms with Crippen LogP contribution >= 0.6 is 23.2 Å². The Morgan fingerprint density at radius 1 is 1.14 bits per heavy atom. The van der Waals surface area contributed by atoms with Crippen LogP contribution in [-0.2, 0) is 4.74 Å². The zero-order valence-electron chi connectivity index (χ0n) is 20.4. The highest BCUT2D eigenvalue weighted by Gasteiger charge is 2.46. The number of ether oxygens (including phenoxy) is 2. The Kier molecular flexibility index (Phi) is 5.82. The van der Waals surface area contributed by atoms with E-state index >= 15 is 0 Å². The summed E-state index contributed by atoms with van der Waals surface area (Å²) in [4.78, 5) is 11.4. The van der Waals surface area contributed by atoms with Crippen molar-refractivity contribution in [1.29, 1.82) is 0 Å². The molecular formula is C27H27Cl2N5O2. The number of nitrogens with one attached hydrogen (secondary N) is 1. The highest BCUT2D eigenvalue weighted by atomic mass is 35.5. The third-order valence-corrected chi connectivity index (χ3v) is 8.08. The molecule has 0 saturated carbocycles. The predicted octanol–water partition coefficient (Wildman–Crippen LogP) is 6.31. The average molecular weight is 524 g/mol. The van der Waals surface area contributed by atoms with Gasteiger partial charge in [0, 0.05) is 54.0 Å². The number of halogens is 2. The maximum absolute atomic E-state index is 6.48. The van der Waals surface area contributed by atoms with Crippen molar-refractivity contribution in [3.05, 3.63) is 63.5 Å². The maximum Gasteiger partial charge on any atom is 0.131 e. The van der Waals surface area contributed by atoms with Crippen molar-refractivity contribution in [2.75, 3.05) is 31.2 Å². The van der Waals surface area contributed by atoms with Gasteiger partial charge >= 0.3 is 0 Å². The molecule has 2 aliphatic rings. The molecular weight excluding hydrogens is 497 g/mol. The van der Waals surface area contributed by atoms with Gasteiger partial charge in [-0.15, -0.1) is 0 Å². The Balaban J connectivity index is 1.26. The van der Waals surface area contributed by atoms with Gasteiger partial charge in [-0.05, 0) is 57.0 Å². The van der Waals surface area contributed by atoms with Crippen LogP contribution in [0, 0.1) is 19.3 Å². The number of aryl methyl sites for hydroxylation is 2. The highest BCUT2D eigenvalue weighted by Crippen LogP contribution is 2.42. The molecule has 0 bridgehead atoms. The Hall–Kier alpha value is -2.87. The summed E-state index contributed by atoms with van der Waals surface area (Å²) in [5, 5.41) is 9.69. The summed E-state index contributed by atoms with van der Waals surface area (Å²) >= 11 is 12.9. The molecule has 1 unspecified atom stereocenters. The van der Waals surface area contributed by atoms with Crippen molar-refractivity contribution in [3.63, 3.8) is 0 Å². The maximum atomic E-state index is 6.48. The number of aromatic nitrogens is 4. The first kappa shape index (κ1) is 23.5. The average Bonchev–Trinajstić information content (AvgIpc) is 3.48. The van der Waals surface area contributed by atoms with Crippen molar-refractivity contribution in [2.45, 2.75) is 33.3 Å². The molecule has 6 rings (SSSR count). The van der Waals surface area contributed by atoms with Gasteiger partial charge in [-0.2, -0.15) is 5.10 Å². The van der Waals surface area contributed by atoms with E-state index in [4.69, 9.17) is 37.7 Å². The summed E-state index contributed by atoms with van der Waals surface area (Å²) in [7, 11) is 0. The van der Waals surface area contributed by atoms with Crippen molar-refractivity contribution in [3.8, 4) is 17.0 Å². The number of benzene rings is 1. The van der Waals surface area contributed by atoms with Crippen molar-refractivity contribution in [2.24, 2.45) is 5.41 Å². The molecule has 2 aliphatic heterocycles. The van der Waals surface area contributed by atoms with Gasteiger partial charge in [0.25, 0.3) is 0 Å². The van der Waals surface area contributed by atoms with Gasteiger partial charge < -0.3 is 14.4 Å². The highest BCUT2D eigenvalue weighted by molar-refractivity contribution is 6.36. The molecule has 2 saturated heterocycles. The largest absolute Gasteiger partial charge is 0.486 e. The number of anilines is 1. The quantitative estimate of drug-likeness (QED) is 0.330. The predicted molar refractivity (Wildman–Crippen MR) is 142 cm³/mol. The number of pyridine rings is 2. The van der Waals surface area contributed by atoms with Crippen LogP contribution in [0.15, 0.2) is 36.7 Å². The zero-order valence-corrected chi connectivity index (χ0v) is 22.0. The standard InChI is InChI=1S/C27H27Cl2N5O2/c1-15-8-18(10-31-26(15)34-12-27(13-34)6-7-35-14-27)25-20-9-19(4-5-22(20)32-33-25)36-17(3)23-21(28)11-30-16(2)24(23)29/h4-5,8-11,17H,6-7,12-14H2,1-3H3,(H,32,33). The number of H-pyrrole nitrogens is 1. The third kappa shape index (κ3) is 3.99. The number of hydrogen-bond donors (Lipinski definition) is 1. The van der Waals surface area contributed by atoms with Gasteiger partial charge in [0.05, 0.1) is 27.9 Å². The Morgan fingerprint density at radius 2 is 1.97 bits per heavy atom. The first-order valence-corrected chi connectivity index (χ1v) is 12.8. The molecule has 1 spiro atoms. The van der Waals surface area contributed by atoms with Crippen LogP contribution in [0.3, 0.4) is 0 Å². The van der Waals surface area contributed by atoms with E-state index in [0.717, 1.165) is 77.5 Å². The molecule has 5 heterocycles. The van der Waals surface area contributed by atoms with Gasteiger partial charge in [-0.1, -0.05) is 23.2 Å². The van der Waals surface area contributed by atoms with Gasteiger partial charge in [0.15, 0.2) is 0 Å². The number of nitrogens with zero attached hydrogens (tertiary/aromatic N) is 4. The van der Waals surface area contributed by atoms with E-state index < -0.39 is 0 Å². The summed E-state index contributed by atoms with van der Waals surface area (Å²) in [5.74, 6) is 1.74. The summed E-state index contributed by atoms with van der Waals surface area (Å²) in [6.07, 6.45) is 4.30. The topological polar surface area (TPSA) is 76.2 Å². The van der Waals surface area contributed by atoms with Crippen LogP contribution in [0.25, 0.3) is 22.2 Å². The van der Waals surface area contributed by atoms with Gasteiger partial charge in [-0.25, -0.2) is 4.98 Å². The van der Waals surface area contributed by atoms with Gasteiger partial charge in [-0.3, -0.25) is 10.1 Å². The molecule has 0 aliphatic carbocycles. The SMILES string of the molecule is Cc1cc(-c2n[nH]c3ccc(OC(C)c4c(Cl)cnc(C)c4Cl)cc23)cnc1N1CC2(CCOC2)C1. The summed E-state index contributed by atoms with van der Waals surface area (Å²) < 4.78 is 11.9. The second-order valence-corrected chi connectivity index (χ2v) is 10.8. The van der Waals surface area contributed by atoms with Gasteiger partial charge in [0.1, 0.15) is 23.4 Å². The fourth-order valence-corrected chi connectivity index (χ4v) is 5.99. The summed E-state index contributed by atoms with van der Waals surface area (Å²) in [6, 6.07) is 8.02. The molecule has 9 heteroatoms. The van der Waals surface area contributed by atoms with E-state index in [9.17, 15) is 0 Å². The number of fused-ring (bicyclic) bond motifs is 1. The van der Waals surface area contributed by atoms with Crippen LogP contribution in [0.4, 0.5) is 5.82 Å². The van der Waals surface area contributed by atoms with Crippen LogP contribution in [0.2, 0.25) is 10.0 Å². The molecule has 3 aromatic heterocycles. The lowest BCUT2D eigenvalue weighted by Gasteiger charge is -2.48. The minimum Gasteiger partial charge on any atom is -0.486 e. The van der Waals surface area contributed by atoms with Crippen LogP contribution in [0.5, 0.6) is 5.75 Å². The number of hydrogen-bond acceptors (Lipinski definition) is 6. The monoisotopic (exact) mass is 523 g/mol. The fourth-order valence-electron chi connectivity index (χ4n) is 5.34. The molecule has 36 heavy (non-hydrogen) atoms. The molecule has 1 aromatic carbocycles. The minimum absolute atomic E-state index is 0.322. The van der Waals surface area contributed by atoms with E-state index in [1.54, 1.807) is 6.20 Å². The lowest BCUT2D eigenvalue weighted by Crippen LogP contribution is -2.57. The van der Waals surface area contributed by atoms with E-state index in [-0.39, 0.29) is 6.10 Å². The molecule has 2 fully saturated rings. The van der Waals surface area contributed by atoms with Crippen LogP contribution in [-0.4, -0.2) is 46.5 Å². The van der Waals surface area contributed by atoms with E-state index in [1.807, 2.05) is 38.2 Å². The normalized spacial score (nSPS) is 17.5. The molecule has 0 amide bonds. The first-order valence-electron chi connectivity index (χ1n) is 12.1. The van der Waals surface area contributed by atoms with Crippen molar-refractivity contribution >= 4 is 39.9 Å². The number of rotatable bonds is 5. The third-order valence-electron chi connectivity index (χ3n) is 7.30. The minimum atomic E-state index is -0.354. The fraction of sp³-hybridized carbons (Fsp3) is 0.370. The molecule has 7 nitrogen and oxygen atoms in total. The lowest BCUT2D eigenvalue weighted by atomic mass is 9.79. The summed E-state index contributed by atoms with van der Waals surface area (Å²) in [6.45, 7) is 9.64. The first-order chi connectivity index (χ1) is 17.3. The van der Waals surface area contributed by atoms with Crippen molar-refractivity contribution in [1.82, 2.24) is 20.2 Å². The Bertz CT molecular complexity index is 1460. The second-order valence-electron chi connectivity index (χ2n) is 9.98. The van der Waals surface area contributed by atoms with Crippen LogP contribution in [0.1, 0.15) is 36.3 Å². The Morgan fingerprint density at radius 3 is 2.72 bits per heavy atom. The smallest absolute Gasteiger partial charge is 0.131 e. The Labute approximate surface area is 219 Å². The van der Waals surface area contributed by atoms with Gasteiger partial charge in [0.2, 0.25) is 0 Å². The number of aromatic amines is 1. The van der Waals surface area contributed by atoms with Crippen molar-refractivity contribution < 1.29 is 9.47 Å². The molecule has 186 valence electrons. The van der Waals surface area contributed by atoms with E-state index in [2.05, 4.69) is 33.1 Å². The molecule has 4 aromatic rings. The summed E-state index contributed by atoms with van der Waals surface area (Å²) in [5.41, 5.74) is 5.63. The lowest BCUT2D eigenvalue weighted by molar-refractivity contribution is 0.131. The van der Waals surface area contributed by atoms with E-state index in [1.165, 1.54) is 0 Å².